The van der Waals surface area contributed by atoms with E-state index in [1.54, 1.807) is 48.5 Å². The van der Waals surface area contributed by atoms with Gasteiger partial charge in [0.15, 0.2) is 5.78 Å². The van der Waals surface area contributed by atoms with E-state index in [2.05, 4.69) is 10.1 Å². The van der Waals surface area contributed by atoms with E-state index in [1.165, 1.54) is 6.92 Å². The highest BCUT2D eigenvalue weighted by molar-refractivity contribution is 5.94. The molecule has 0 fully saturated rings. The van der Waals surface area contributed by atoms with Crippen molar-refractivity contribution in [2.24, 2.45) is 5.73 Å². The molecule has 0 spiro atoms. The molecule has 2 aromatic carbocycles. The number of halogens is 1. The van der Waals surface area contributed by atoms with Gasteiger partial charge >= 0.3 is 5.97 Å². The van der Waals surface area contributed by atoms with Crippen LogP contribution in [0.15, 0.2) is 53.1 Å². The summed E-state index contributed by atoms with van der Waals surface area (Å²) in [6.07, 6.45) is 0.246. The van der Waals surface area contributed by atoms with E-state index in [9.17, 15) is 9.59 Å². The van der Waals surface area contributed by atoms with Crippen LogP contribution in [-0.2, 0) is 11.2 Å². The van der Waals surface area contributed by atoms with E-state index in [4.69, 9.17) is 15.4 Å². The molecule has 0 aliphatic heterocycles. The normalized spacial score (nSPS) is 11.5. The summed E-state index contributed by atoms with van der Waals surface area (Å²) < 4.78 is 5.29. The number of Topliss-reactive ketones (excluding diaryl/α,β-unsaturated/α-hetero) is 1. The van der Waals surface area contributed by atoms with Crippen molar-refractivity contribution < 1.29 is 19.2 Å². The number of hydrogen-bond donors (Lipinski definition) is 2. The van der Waals surface area contributed by atoms with E-state index >= 15 is 0 Å². The molecule has 1 aromatic heterocycles. The Kier molecular flexibility index (Phi) is 6.44. The van der Waals surface area contributed by atoms with Crippen molar-refractivity contribution in [2.75, 3.05) is 0 Å². The second-order valence-electron chi connectivity index (χ2n) is 5.90. The van der Waals surface area contributed by atoms with Crippen molar-refractivity contribution in [3.8, 4) is 22.8 Å². The third kappa shape index (κ3) is 4.78. The van der Waals surface area contributed by atoms with E-state index in [0.29, 0.717) is 17.3 Å². The fourth-order valence-electron chi connectivity index (χ4n) is 2.44. The topological polar surface area (TPSA) is 119 Å². The number of ketones is 1. The SMILES string of the molecule is CC(=O)c1ccc(-c2nc(-c3ccc(C[C@H](N)C(=O)O)cc3)no2)cc1.Cl. The van der Waals surface area contributed by atoms with Crippen molar-refractivity contribution in [3.63, 3.8) is 0 Å². The Balaban J connectivity index is 0.00000261. The molecule has 0 saturated carbocycles. The highest BCUT2D eigenvalue weighted by Gasteiger charge is 2.14. The summed E-state index contributed by atoms with van der Waals surface area (Å²) >= 11 is 0. The molecule has 0 aliphatic rings. The van der Waals surface area contributed by atoms with Gasteiger partial charge in [-0.25, -0.2) is 0 Å². The van der Waals surface area contributed by atoms with Gasteiger partial charge in [-0.1, -0.05) is 41.6 Å². The summed E-state index contributed by atoms with van der Waals surface area (Å²) in [5, 5.41) is 12.8. The van der Waals surface area contributed by atoms with Gasteiger partial charge in [-0.2, -0.15) is 4.98 Å². The van der Waals surface area contributed by atoms with Crippen LogP contribution in [0.5, 0.6) is 0 Å². The van der Waals surface area contributed by atoms with E-state index in [1.807, 2.05) is 0 Å². The Morgan fingerprint density at radius 3 is 2.22 bits per heavy atom. The first-order valence-corrected chi connectivity index (χ1v) is 7.97. The number of rotatable bonds is 6. The molecule has 0 radical (unpaired) electrons. The number of carbonyl (C=O) groups excluding carboxylic acids is 1. The maximum Gasteiger partial charge on any atom is 0.320 e. The number of aliphatic carboxylic acids is 1. The predicted molar refractivity (Wildman–Crippen MR) is 102 cm³/mol. The second kappa shape index (κ2) is 8.57. The van der Waals surface area contributed by atoms with Crippen molar-refractivity contribution in [1.29, 1.82) is 0 Å². The molecule has 1 heterocycles. The molecule has 0 bridgehead atoms. The van der Waals surface area contributed by atoms with Gasteiger partial charge < -0.3 is 15.4 Å². The molecule has 0 saturated heterocycles. The summed E-state index contributed by atoms with van der Waals surface area (Å²) in [7, 11) is 0. The zero-order chi connectivity index (χ0) is 18.7. The minimum absolute atomic E-state index is 0. The molecule has 0 amide bonds. The Morgan fingerprint density at radius 2 is 1.67 bits per heavy atom. The van der Waals surface area contributed by atoms with Crippen LogP contribution in [-0.4, -0.2) is 33.0 Å². The first-order chi connectivity index (χ1) is 12.4. The van der Waals surface area contributed by atoms with Crippen LogP contribution in [0.25, 0.3) is 22.8 Å². The summed E-state index contributed by atoms with van der Waals surface area (Å²) in [6.45, 7) is 1.51. The number of benzene rings is 2. The lowest BCUT2D eigenvalue weighted by molar-refractivity contribution is -0.138. The third-order valence-electron chi connectivity index (χ3n) is 3.95. The highest BCUT2D eigenvalue weighted by atomic mass is 35.5. The number of hydrogen-bond acceptors (Lipinski definition) is 6. The second-order valence-corrected chi connectivity index (χ2v) is 5.90. The number of carbonyl (C=O) groups is 2. The van der Waals surface area contributed by atoms with Crippen molar-refractivity contribution in [1.82, 2.24) is 10.1 Å². The van der Waals surface area contributed by atoms with Gasteiger partial charge in [-0.05, 0) is 31.0 Å². The molecule has 140 valence electrons. The third-order valence-corrected chi connectivity index (χ3v) is 3.95. The molecule has 27 heavy (non-hydrogen) atoms. The largest absolute Gasteiger partial charge is 0.480 e. The van der Waals surface area contributed by atoms with Gasteiger partial charge in [0, 0.05) is 16.7 Å². The van der Waals surface area contributed by atoms with Gasteiger partial charge in [0.2, 0.25) is 5.82 Å². The minimum atomic E-state index is -1.03. The van der Waals surface area contributed by atoms with Gasteiger partial charge in [0.25, 0.3) is 5.89 Å². The maximum atomic E-state index is 11.3. The van der Waals surface area contributed by atoms with E-state index in [-0.39, 0.29) is 24.6 Å². The average molecular weight is 388 g/mol. The Hall–Kier alpha value is -3.03. The lowest BCUT2D eigenvalue weighted by atomic mass is 10.0. The van der Waals surface area contributed by atoms with Crippen molar-refractivity contribution in [2.45, 2.75) is 19.4 Å². The molecular weight excluding hydrogens is 370 g/mol. The summed E-state index contributed by atoms with van der Waals surface area (Å²) in [5.41, 5.74) is 8.42. The molecule has 3 N–H and O–H groups in total. The van der Waals surface area contributed by atoms with Crippen LogP contribution in [0.3, 0.4) is 0 Å². The number of carboxylic acids is 1. The Bertz CT molecular complexity index is 936. The molecule has 0 aliphatic carbocycles. The molecule has 8 heteroatoms. The molecule has 1 atom stereocenters. The Labute approximate surface area is 161 Å². The number of nitrogens with two attached hydrogens (primary N) is 1. The summed E-state index contributed by atoms with van der Waals surface area (Å²) in [4.78, 5) is 26.5. The zero-order valence-corrected chi connectivity index (χ0v) is 15.3. The first kappa shape index (κ1) is 20.3. The van der Waals surface area contributed by atoms with Crippen LogP contribution >= 0.6 is 12.4 Å². The zero-order valence-electron chi connectivity index (χ0n) is 14.5. The predicted octanol–water partition coefficient (Wildman–Crippen LogP) is 2.98. The fraction of sp³-hybridized carbons (Fsp3) is 0.158. The van der Waals surface area contributed by atoms with Crippen molar-refractivity contribution >= 4 is 24.2 Å². The number of carboxylic acid groups (broad SMARTS) is 1. The van der Waals surface area contributed by atoms with Crippen LogP contribution in [0.2, 0.25) is 0 Å². The van der Waals surface area contributed by atoms with E-state index in [0.717, 1.165) is 16.7 Å². The van der Waals surface area contributed by atoms with E-state index < -0.39 is 12.0 Å². The van der Waals surface area contributed by atoms with Gasteiger partial charge in [0.05, 0.1) is 0 Å². The first-order valence-electron chi connectivity index (χ1n) is 7.97. The molecule has 3 aromatic rings. The van der Waals surface area contributed by atoms with Crippen molar-refractivity contribution in [3.05, 3.63) is 59.7 Å². The smallest absolute Gasteiger partial charge is 0.320 e. The lowest BCUT2D eigenvalue weighted by Crippen LogP contribution is -2.32. The number of aromatic nitrogens is 2. The van der Waals surface area contributed by atoms with Gasteiger partial charge in [-0.15, -0.1) is 12.4 Å². The van der Waals surface area contributed by atoms with Gasteiger partial charge in [-0.3, -0.25) is 9.59 Å². The summed E-state index contributed by atoms with van der Waals surface area (Å²) in [5.74, 6) is -0.269. The van der Waals surface area contributed by atoms with Crippen LogP contribution < -0.4 is 5.73 Å². The molecule has 0 unspecified atom stereocenters. The monoisotopic (exact) mass is 387 g/mol. The van der Waals surface area contributed by atoms with Crippen LogP contribution in [0.1, 0.15) is 22.8 Å². The molecule has 7 nitrogen and oxygen atoms in total. The Morgan fingerprint density at radius 1 is 1.07 bits per heavy atom. The van der Waals surface area contributed by atoms with Crippen LogP contribution in [0, 0.1) is 0 Å². The quantitative estimate of drug-likeness (QED) is 0.624. The highest BCUT2D eigenvalue weighted by Crippen LogP contribution is 2.23. The molecular formula is C19H18ClN3O4. The van der Waals surface area contributed by atoms with Gasteiger partial charge in [0.1, 0.15) is 6.04 Å². The maximum absolute atomic E-state index is 11.3. The number of nitrogens with zero attached hydrogens (tertiary/aromatic N) is 2. The average Bonchev–Trinajstić information content (AvgIpc) is 3.12. The summed E-state index contributed by atoms with van der Waals surface area (Å²) in [6, 6.07) is 13.1. The van der Waals surface area contributed by atoms with Crippen LogP contribution in [0.4, 0.5) is 0 Å². The standard InChI is InChI=1S/C19H17N3O4.ClH/c1-11(23)13-6-8-15(9-7-13)18-21-17(22-26-18)14-4-2-12(3-5-14)10-16(20)19(24)25;/h2-9,16H,10,20H2,1H3,(H,24,25);1H/t16-;/m0./s1. The lowest BCUT2D eigenvalue weighted by Gasteiger charge is -2.06. The molecule has 3 rings (SSSR count). The minimum Gasteiger partial charge on any atom is -0.480 e. The fourth-order valence-corrected chi connectivity index (χ4v) is 2.44.